The number of fused-ring (bicyclic) bond motifs is 1. The number of ether oxygens (including phenoxy) is 1. The minimum atomic E-state index is -0.203. The lowest BCUT2D eigenvalue weighted by molar-refractivity contribution is -0.694. The molecule has 0 radical (unpaired) electrons. The Morgan fingerprint density at radius 1 is 1.09 bits per heavy atom. The van der Waals surface area contributed by atoms with Gasteiger partial charge in [-0.15, -0.1) is 11.3 Å². The molecule has 0 fully saturated rings. The fourth-order valence-corrected chi connectivity index (χ4v) is 4.86. The molecule has 7 heteroatoms. The van der Waals surface area contributed by atoms with E-state index >= 15 is 0 Å². The van der Waals surface area contributed by atoms with Crippen LogP contribution in [0.1, 0.15) is 34.6 Å². The number of aryl methyl sites for hydroxylation is 2. The first-order valence-electron chi connectivity index (χ1n) is 10.7. The second-order valence-corrected chi connectivity index (χ2v) is 8.60. The number of nitrogens with one attached hydrogen (secondary N) is 2. The molecule has 4 rings (SSSR count). The number of nitrogens with zero attached hydrogens (tertiary/aromatic N) is 1. The largest absolute Gasteiger partial charge is 0.497 e. The molecule has 0 saturated heterocycles. The first-order valence-corrected chi connectivity index (χ1v) is 11.5. The molecule has 0 bridgehead atoms. The molecule has 1 unspecified atom stereocenters. The first kappa shape index (κ1) is 21.9. The van der Waals surface area contributed by atoms with Crippen LogP contribution in [0.5, 0.6) is 5.75 Å². The maximum atomic E-state index is 13.1. The van der Waals surface area contributed by atoms with Crippen molar-refractivity contribution in [2.75, 3.05) is 19.0 Å². The van der Waals surface area contributed by atoms with Crippen molar-refractivity contribution in [1.82, 2.24) is 0 Å². The number of hydrogen-bond donors (Lipinski definition) is 2. The third-order valence-electron chi connectivity index (χ3n) is 5.56. The molecule has 1 aliphatic rings. The van der Waals surface area contributed by atoms with E-state index in [1.165, 1.54) is 17.7 Å². The van der Waals surface area contributed by atoms with Crippen molar-refractivity contribution in [3.8, 4) is 16.2 Å². The number of amides is 2. The lowest BCUT2D eigenvalue weighted by Crippen LogP contribution is -3.15. The highest BCUT2D eigenvalue weighted by Gasteiger charge is 2.32. The molecule has 0 aliphatic carbocycles. The number of anilines is 1. The van der Waals surface area contributed by atoms with Gasteiger partial charge in [0.15, 0.2) is 17.8 Å². The van der Waals surface area contributed by atoms with E-state index in [9.17, 15) is 9.59 Å². The van der Waals surface area contributed by atoms with Crippen LogP contribution in [0, 0.1) is 0 Å². The topological polar surface area (TPSA) is 72.2 Å². The molecule has 1 aromatic heterocycles. The molecule has 164 valence electrons. The van der Waals surface area contributed by atoms with Crippen molar-refractivity contribution in [1.29, 1.82) is 0 Å². The number of thiophene rings is 1. The summed E-state index contributed by atoms with van der Waals surface area (Å²) in [7, 11) is 1.63. The van der Waals surface area contributed by atoms with Gasteiger partial charge in [0, 0.05) is 10.6 Å². The Hall–Kier alpha value is -3.29. The summed E-state index contributed by atoms with van der Waals surface area (Å²) >= 11 is 1.40. The summed E-state index contributed by atoms with van der Waals surface area (Å²) in [4.78, 5) is 32.3. The Morgan fingerprint density at radius 3 is 2.41 bits per heavy atom. The van der Waals surface area contributed by atoms with Crippen molar-refractivity contribution in [3.63, 3.8) is 0 Å². The Morgan fingerprint density at radius 2 is 1.78 bits per heavy atom. The third-order valence-corrected chi connectivity index (χ3v) is 6.73. The molecule has 0 spiro atoms. The molecule has 2 N–H and O–H groups in total. The van der Waals surface area contributed by atoms with E-state index in [0.717, 1.165) is 45.8 Å². The molecule has 1 aliphatic heterocycles. The number of methoxy groups -OCH3 is 1. The van der Waals surface area contributed by atoms with Crippen LogP contribution in [0.3, 0.4) is 0 Å². The van der Waals surface area contributed by atoms with Gasteiger partial charge in [0.05, 0.1) is 12.8 Å². The normalized spacial score (nSPS) is 14.8. The summed E-state index contributed by atoms with van der Waals surface area (Å²) in [6.45, 7) is 4.13. The zero-order valence-corrected chi connectivity index (χ0v) is 19.2. The fourth-order valence-electron chi connectivity index (χ4n) is 3.78. The molecule has 3 aromatic rings. The minimum absolute atomic E-state index is 0.00124. The molecule has 6 nitrogen and oxygen atoms in total. The van der Waals surface area contributed by atoms with Crippen LogP contribution in [-0.2, 0) is 17.6 Å². The number of para-hydroxylation sites is 1. The van der Waals surface area contributed by atoms with Gasteiger partial charge in [-0.3, -0.25) is 4.79 Å². The van der Waals surface area contributed by atoms with Gasteiger partial charge in [-0.1, -0.05) is 32.0 Å². The summed E-state index contributed by atoms with van der Waals surface area (Å²) in [5.74, 6) is 0.446. The highest BCUT2D eigenvalue weighted by atomic mass is 32.1. The van der Waals surface area contributed by atoms with Crippen LogP contribution in [0.25, 0.3) is 10.4 Å². The Kier molecular flexibility index (Phi) is 6.48. The first-order chi connectivity index (χ1) is 15.5. The predicted octanol–water partition coefficient (Wildman–Crippen LogP) is 3.89. The average molecular weight is 449 g/mol. The predicted molar refractivity (Wildman–Crippen MR) is 128 cm³/mol. The van der Waals surface area contributed by atoms with E-state index in [-0.39, 0.29) is 18.4 Å². The van der Waals surface area contributed by atoms with E-state index in [1.807, 2.05) is 48.5 Å². The number of carbonyl (C=O) groups is 2. The smallest absolute Gasteiger partial charge is 0.362 e. The summed E-state index contributed by atoms with van der Waals surface area (Å²) < 4.78 is 5.21. The lowest BCUT2D eigenvalue weighted by atomic mass is 10.0. The monoisotopic (exact) mass is 448 g/mol. The third kappa shape index (κ3) is 4.35. The van der Waals surface area contributed by atoms with E-state index < -0.39 is 0 Å². The average Bonchev–Trinajstić information content (AvgIpc) is 3.26. The van der Waals surface area contributed by atoms with E-state index in [1.54, 1.807) is 7.11 Å². The van der Waals surface area contributed by atoms with Crippen LogP contribution < -0.4 is 15.0 Å². The number of hydrogen-bond acceptors (Lipinski definition) is 5. The number of carbonyl (C=O) groups excluding carboxylic acids is 2. The van der Waals surface area contributed by atoms with Crippen LogP contribution in [-0.4, -0.2) is 31.8 Å². The van der Waals surface area contributed by atoms with E-state index in [0.29, 0.717) is 15.5 Å². The lowest BCUT2D eigenvalue weighted by Gasteiger charge is -2.17. The molecule has 2 amide bonds. The summed E-state index contributed by atoms with van der Waals surface area (Å²) in [6, 6.07) is 15.7. The van der Waals surface area contributed by atoms with Crippen molar-refractivity contribution in [2.24, 2.45) is 4.99 Å². The molecular weight excluding hydrogens is 422 g/mol. The summed E-state index contributed by atoms with van der Waals surface area (Å²) in [5, 5.41) is 3.03. The van der Waals surface area contributed by atoms with Gasteiger partial charge in [0.25, 0.3) is 5.91 Å². The zero-order chi connectivity index (χ0) is 22.7. The van der Waals surface area contributed by atoms with Crippen LogP contribution >= 0.6 is 11.3 Å². The van der Waals surface area contributed by atoms with Crippen molar-refractivity contribution in [2.45, 2.75) is 26.7 Å². The van der Waals surface area contributed by atoms with Crippen LogP contribution in [0.15, 0.2) is 53.5 Å². The summed E-state index contributed by atoms with van der Waals surface area (Å²) in [5.41, 5.74) is 4.70. The Balaban J connectivity index is 1.49. The van der Waals surface area contributed by atoms with Crippen molar-refractivity contribution >= 4 is 40.9 Å². The van der Waals surface area contributed by atoms with Gasteiger partial charge in [-0.05, 0) is 59.9 Å². The van der Waals surface area contributed by atoms with Crippen molar-refractivity contribution < 1.29 is 19.2 Å². The second-order valence-electron chi connectivity index (χ2n) is 7.55. The molecule has 2 aromatic carbocycles. The zero-order valence-electron chi connectivity index (χ0n) is 18.4. The van der Waals surface area contributed by atoms with Crippen LogP contribution in [0.2, 0.25) is 0 Å². The molecule has 32 heavy (non-hydrogen) atoms. The van der Waals surface area contributed by atoms with Gasteiger partial charge >= 0.3 is 5.91 Å². The molecular formula is C25H26N3O3S+. The van der Waals surface area contributed by atoms with E-state index in [2.05, 4.69) is 24.2 Å². The summed E-state index contributed by atoms with van der Waals surface area (Å²) in [6.07, 6.45) is 3.18. The highest BCUT2D eigenvalue weighted by molar-refractivity contribution is 7.18. The van der Waals surface area contributed by atoms with Gasteiger partial charge in [0.1, 0.15) is 5.75 Å². The van der Waals surface area contributed by atoms with Crippen LogP contribution in [0.4, 0.5) is 11.4 Å². The second kappa shape index (κ2) is 9.46. The number of rotatable bonds is 7. The van der Waals surface area contributed by atoms with Gasteiger partial charge in [-0.25, -0.2) is 14.7 Å². The highest BCUT2D eigenvalue weighted by Crippen LogP contribution is 2.37. The number of quaternary nitrogens is 1. The molecule has 2 heterocycles. The van der Waals surface area contributed by atoms with Gasteiger partial charge in [0.2, 0.25) is 0 Å². The SMILES string of the molecule is CCc1cccc(CC)c1NC(=O)C[NH+]1C=Nc2cc(-c3ccc(OC)cc3)sc2C1=O. The maximum absolute atomic E-state index is 13.1. The van der Waals surface area contributed by atoms with Gasteiger partial charge in [-0.2, -0.15) is 0 Å². The van der Waals surface area contributed by atoms with Crippen molar-refractivity contribution in [3.05, 3.63) is 64.5 Å². The number of aliphatic imine (C=N–C) groups is 1. The van der Waals surface area contributed by atoms with E-state index in [4.69, 9.17) is 4.74 Å². The quantitative estimate of drug-likeness (QED) is 0.576. The minimum Gasteiger partial charge on any atom is -0.497 e. The standard InChI is InChI=1S/C25H25N3O3S/c1-4-16-7-6-8-17(5-2)23(16)27-22(29)14-28-15-26-20-13-21(32-24(20)25(28)30)18-9-11-19(31-3)12-10-18/h6-13,15H,4-5,14H2,1-3H3,(H,27,29)/p+1. The Bertz CT molecular complexity index is 1160. The Labute approximate surface area is 191 Å². The molecule has 0 saturated carbocycles. The number of benzene rings is 2. The van der Waals surface area contributed by atoms with Gasteiger partial charge < -0.3 is 10.1 Å². The fraction of sp³-hybridized carbons (Fsp3) is 0.240. The maximum Gasteiger partial charge on any atom is 0.362 e. The molecule has 1 atom stereocenters.